The zero-order valence-electron chi connectivity index (χ0n) is 9.81. The summed E-state index contributed by atoms with van der Waals surface area (Å²) in [7, 11) is -3.14. The molecule has 0 aliphatic carbocycles. The van der Waals surface area contributed by atoms with E-state index in [-0.39, 0.29) is 11.6 Å². The summed E-state index contributed by atoms with van der Waals surface area (Å²) in [5.74, 6) is 1.43. The molecule has 1 aromatic carbocycles. The molecule has 17 heavy (non-hydrogen) atoms. The zero-order chi connectivity index (χ0) is 12.9. The Labute approximate surface area is 102 Å². The van der Waals surface area contributed by atoms with Gasteiger partial charge in [0.2, 0.25) is 0 Å². The first-order valence-corrected chi connectivity index (χ1v) is 7.18. The molecule has 0 amide bonds. The number of nitrogens with one attached hydrogen (secondary N) is 1. The van der Waals surface area contributed by atoms with Gasteiger partial charge in [0.25, 0.3) is 0 Å². The molecule has 1 aromatic rings. The van der Waals surface area contributed by atoms with Crippen molar-refractivity contribution in [2.24, 2.45) is 5.73 Å². The molecule has 4 nitrogen and oxygen atoms in total. The fourth-order valence-corrected chi connectivity index (χ4v) is 2.73. The van der Waals surface area contributed by atoms with Crippen LogP contribution in [0.3, 0.4) is 0 Å². The predicted molar refractivity (Wildman–Crippen MR) is 69.6 cm³/mol. The average Bonchev–Trinajstić information content (AvgIpc) is 2.26. The second-order valence-electron chi connectivity index (χ2n) is 3.87. The molecule has 0 aromatic heterocycles. The van der Waals surface area contributed by atoms with Crippen LogP contribution >= 0.6 is 0 Å². The molecule has 0 heterocycles. The van der Waals surface area contributed by atoms with Crippen molar-refractivity contribution in [1.29, 1.82) is 5.41 Å². The van der Waals surface area contributed by atoms with E-state index in [4.69, 9.17) is 11.1 Å². The highest BCUT2D eigenvalue weighted by Crippen LogP contribution is 2.12. The molecule has 93 valence electrons. The highest BCUT2D eigenvalue weighted by molar-refractivity contribution is 7.93. The summed E-state index contributed by atoms with van der Waals surface area (Å²) < 4.78 is 23.3. The van der Waals surface area contributed by atoms with Crippen LogP contribution in [0.1, 0.15) is 30.9 Å². The van der Waals surface area contributed by atoms with Gasteiger partial charge in [-0.2, -0.15) is 0 Å². The second kappa shape index (κ2) is 5.82. The van der Waals surface area contributed by atoms with E-state index in [1.807, 2.05) is 6.92 Å². The summed E-state index contributed by atoms with van der Waals surface area (Å²) in [6, 6.07) is 6.59. The largest absolute Gasteiger partial charge is 0.384 e. The van der Waals surface area contributed by atoms with Gasteiger partial charge in [-0.25, -0.2) is 8.42 Å². The highest BCUT2D eigenvalue weighted by Gasteiger charge is 2.11. The Kier molecular flexibility index (Phi) is 4.69. The molecule has 0 saturated carbocycles. The van der Waals surface area contributed by atoms with Crippen molar-refractivity contribution in [2.45, 2.75) is 19.8 Å². The van der Waals surface area contributed by atoms with Crippen molar-refractivity contribution in [2.75, 3.05) is 5.75 Å². The Hall–Kier alpha value is -1.36. The summed E-state index contributed by atoms with van der Waals surface area (Å²) in [5, 5.41) is 7.23. The standard InChI is InChI=1S/C12H17N2O2S/c1-2-3-8-17(15,16)9-10-4-6-11(7-5-10)12(13)14/h4-7,9H,2-3,8H2,1H3,(H3,13,14). The van der Waals surface area contributed by atoms with Crippen LogP contribution in [0.15, 0.2) is 24.3 Å². The first kappa shape index (κ1) is 13.7. The maximum absolute atomic E-state index is 11.7. The van der Waals surface area contributed by atoms with Crippen LogP contribution in [0.25, 0.3) is 0 Å². The highest BCUT2D eigenvalue weighted by atomic mass is 32.2. The van der Waals surface area contributed by atoms with Crippen LogP contribution in [-0.2, 0) is 9.84 Å². The van der Waals surface area contributed by atoms with E-state index in [1.165, 1.54) is 5.75 Å². The minimum Gasteiger partial charge on any atom is -0.384 e. The first-order valence-electron chi connectivity index (χ1n) is 5.46. The Morgan fingerprint density at radius 3 is 2.41 bits per heavy atom. The molecule has 0 aliphatic heterocycles. The van der Waals surface area contributed by atoms with Gasteiger partial charge in [0.15, 0.2) is 9.84 Å². The molecule has 0 aliphatic rings. The van der Waals surface area contributed by atoms with Crippen molar-refractivity contribution < 1.29 is 8.42 Å². The van der Waals surface area contributed by atoms with Gasteiger partial charge in [0.1, 0.15) is 11.6 Å². The maximum Gasteiger partial charge on any atom is 0.158 e. The minimum absolute atomic E-state index is 0.0228. The minimum atomic E-state index is -3.14. The van der Waals surface area contributed by atoms with Gasteiger partial charge < -0.3 is 5.73 Å². The molecule has 0 saturated heterocycles. The van der Waals surface area contributed by atoms with Crippen molar-refractivity contribution in [3.8, 4) is 0 Å². The number of nitrogens with two attached hydrogens (primary N) is 1. The summed E-state index contributed by atoms with van der Waals surface area (Å²) >= 11 is 0. The molecular formula is C12H17N2O2S. The van der Waals surface area contributed by atoms with Crippen molar-refractivity contribution in [3.63, 3.8) is 0 Å². The molecule has 0 bridgehead atoms. The van der Waals surface area contributed by atoms with Gasteiger partial charge in [-0.05, 0) is 12.0 Å². The van der Waals surface area contributed by atoms with Crippen molar-refractivity contribution >= 4 is 15.7 Å². The van der Waals surface area contributed by atoms with Crippen LogP contribution in [0, 0.1) is 11.2 Å². The fraction of sp³-hybridized carbons (Fsp3) is 0.333. The summed E-state index contributed by atoms with van der Waals surface area (Å²) in [4.78, 5) is 0. The Balaban J connectivity index is 2.72. The molecule has 1 radical (unpaired) electrons. The number of sulfone groups is 1. The van der Waals surface area contributed by atoms with Gasteiger partial charge in [-0.15, -0.1) is 0 Å². The summed E-state index contributed by atoms with van der Waals surface area (Å²) in [6.45, 7) is 1.96. The Morgan fingerprint density at radius 2 is 1.94 bits per heavy atom. The summed E-state index contributed by atoms with van der Waals surface area (Å²) in [5.41, 5.74) is 6.52. The molecule has 0 spiro atoms. The van der Waals surface area contributed by atoms with E-state index in [9.17, 15) is 8.42 Å². The lowest BCUT2D eigenvalue weighted by Gasteiger charge is -2.04. The first-order chi connectivity index (χ1) is 7.94. The number of amidine groups is 1. The number of benzene rings is 1. The quantitative estimate of drug-likeness (QED) is 0.597. The third kappa shape index (κ3) is 4.56. The predicted octanol–water partition coefficient (Wildman–Crippen LogP) is 1.70. The normalized spacial score (nSPS) is 11.4. The van der Waals surface area contributed by atoms with Gasteiger partial charge in [-0.3, -0.25) is 5.41 Å². The van der Waals surface area contributed by atoms with Crippen LogP contribution in [0.4, 0.5) is 0 Å². The Morgan fingerprint density at radius 1 is 1.35 bits per heavy atom. The number of unbranched alkanes of at least 4 members (excludes halogenated alkanes) is 1. The molecule has 0 unspecified atom stereocenters. The van der Waals surface area contributed by atoms with Gasteiger partial charge in [0, 0.05) is 5.56 Å². The number of hydrogen-bond acceptors (Lipinski definition) is 3. The second-order valence-corrected chi connectivity index (χ2v) is 5.84. The lowest BCUT2D eigenvalue weighted by atomic mass is 10.1. The van der Waals surface area contributed by atoms with Crippen molar-refractivity contribution in [1.82, 2.24) is 0 Å². The van der Waals surface area contributed by atoms with Gasteiger partial charge in [-0.1, -0.05) is 37.6 Å². The molecule has 3 N–H and O–H groups in total. The molecular weight excluding hydrogens is 236 g/mol. The lowest BCUT2D eigenvalue weighted by Crippen LogP contribution is -2.11. The summed E-state index contributed by atoms with van der Waals surface area (Å²) in [6.07, 6.45) is 1.53. The molecule has 5 heteroatoms. The third-order valence-electron chi connectivity index (χ3n) is 2.32. The van der Waals surface area contributed by atoms with Gasteiger partial charge >= 0.3 is 0 Å². The smallest absolute Gasteiger partial charge is 0.158 e. The van der Waals surface area contributed by atoms with Crippen LogP contribution in [-0.4, -0.2) is 20.0 Å². The van der Waals surface area contributed by atoms with Gasteiger partial charge in [0.05, 0.1) is 5.75 Å². The fourth-order valence-electron chi connectivity index (χ4n) is 1.35. The molecule has 1 rings (SSSR count). The van der Waals surface area contributed by atoms with E-state index < -0.39 is 9.84 Å². The van der Waals surface area contributed by atoms with Crippen LogP contribution in [0.2, 0.25) is 0 Å². The van der Waals surface area contributed by atoms with Crippen molar-refractivity contribution in [3.05, 3.63) is 41.1 Å². The SMILES string of the molecule is CCCCS(=O)(=O)[CH]c1ccc(C(=N)N)cc1. The zero-order valence-corrected chi connectivity index (χ0v) is 10.6. The van der Waals surface area contributed by atoms with Crippen LogP contribution < -0.4 is 5.73 Å². The number of rotatable bonds is 6. The Bertz CT molecular complexity index is 478. The molecule has 0 atom stereocenters. The van der Waals surface area contributed by atoms with E-state index in [0.29, 0.717) is 17.5 Å². The van der Waals surface area contributed by atoms with E-state index >= 15 is 0 Å². The monoisotopic (exact) mass is 253 g/mol. The van der Waals surface area contributed by atoms with Crippen LogP contribution in [0.5, 0.6) is 0 Å². The van der Waals surface area contributed by atoms with E-state index in [1.54, 1.807) is 24.3 Å². The topological polar surface area (TPSA) is 84.0 Å². The van der Waals surface area contributed by atoms with E-state index in [2.05, 4.69) is 0 Å². The lowest BCUT2D eigenvalue weighted by molar-refractivity contribution is 0.599. The number of nitrogen functional groups attached to an aromatic ring is 1. The third-order valence-corrected chi connectivity index (χ3v) is 3.81. The number of hydrogen-bond donors (Lipinski definition) is 2. The van der Waals surface area contributed by atoms with E-state index in [0.717, 1.165) is 6.42 Å². The molecule has 0 fully saturated rings. The average molecular weight is 253 g/mol. The maximum atomic E-state index is 11.7.